The van der Waals surface area contributed by atoms with Gasteiger partial charge in [-0.15, -0.1) is 0 Å². The number of halogens is 1. The monoisotopic (exact) mass is 399 g/mol. The minimum atomic E-state index is -3.97. The number of fused-ring (bicyclic) bond motifs is 2. The number of rotatable bonds is 2. The SMILES string of the molecule is Cc1cc(C#N)cc2c1CCN2S(=O)(=O)c1cccc2c(=O)[nH]cc(Cl)c12. The fourth-order valence-electron chi connectivity index (χ4n) is 3.57. The van der Waals surface area contributed by atoms with E-state index >= 15 is 0 Å². The van der Waals surface area contributed by atoms with E-state index in [9.17, 15) is 18.5 Å². The zero-order valence-electron chi connectivity index (χ0n) is 14.3. The van der Waals surface area contributed by atoms with Gasteiger partial charge >= 0.3 is 0 Å². The average Bonchev–Trinajstić information content (AvgIpc) is 3.09. The molecule has 0 fully saturated rings. The molecule has 2 heterocycles. The van der Waals surface area contributed by atoms with Crippen LogP contribution in [0.1, 0.15) is 16.7 Å². The van der Waals surface area contributed by atoms with Crippen LogP contribution in [0.4, 0.5) is 5.69 Å². The zero-order chi connectivity index (χ0) is 19.3. The second-order valence-electron chi connectivity index (χ2n) is 6.37. The minimum Gasteiger partial charge on any atom is -0.327 e. The maximum Gasteiger partial charge on any atom is 0.265 e. The van der Waals surface area contributed by atoms with Crippen molar-refractivity contribution in [1.82, 2.24) is 4.98 Å². The van der Waals surface area contributed by atoms with E-state index in [2.05, 4.69) is 11.1 Å². The largest absolute Gasteiger partial charge is 0.327 e. The minimum absolute atomic E-state index is 0.0241. The van der Waals surface area contributed by atoms with E-state index in [1.54, 1.807) is 12.1 Å². The summed E-state index contributed by atoms with van der Waals surface area (Å²) < 4.78 is 28.2. The zero-order valence-corrected chi connectivity index (χ0v) is 15.9. The molecule has 3 aromatic rings. The van der Waals surface area contributed by atoms with E-state index in [0.717, 1.165) is 11.1 Å². The Balaban J connectivity index is 1.98. The number of sulfonamides is 1. The predicted molar refractivity (Wildman–Crippen MR) is 104 cm³/mol. The highest BCUT2D eigenvalue weighted by atomic mass is 35.5. The van der Waals surface area contributed by atoms with Crippen LogP contribution in [-0.4, -0.2) is 19.9 Å². The standard InChI is InChI=1S/C19H14ClN3O3S/c1-11-7-12(9-21)8-16-13(11)5-6-23(16)27(25,26)17-4-2-3-14-18(17)15(20)10-22-19(14)24/h2-4,7-8,10H,5-6H2,1H3,(H,22,24). The van der Waals surface area contributed by atoms with Crippen molar-refractivity contribution < 1.29 is 8.42 Å². The number of aryl methyl sites for hydroxylation is 1. The van der Waals surface area contributed by atoms with Gasteiger partial charge in [0, 0.05) is 23.5 Å². The third-order valence-corrected chi connectivity index (χ3v) is 6.97. The maximum absolute atomic E-state index is 13.5. The highest BCUT2D eigenvalue weighted by Crippen LogP contribution is 2.38. The van der Waals surface area contributed by atoms with Crippen LogP contribution < -0.4 is 9.86 Å². The quantitative estimate of drug-likeness (QED) is 0.716. The first kappa shape index (κ1) is 17.6. The second-order valence-corrected chi connectivity index (χ2v) is 8.61. The van der Waals surface area contributed by atoms with Crippen LogP contribution >= 0.6 is 11.6 Å². The third kappa shape index (κ3) is 2.60. The second kappa shape index (κ2) is 6.12. The summed E-state index contributed by atoms with van der Waals surface area (Å²) in [6.07, 6.45) is 1.85. The molecule has 6 nitrogen and oxygen atoms in total. The van der Waals surface area contributed by atoms with Crippen molar-refractivity contribution in [2.75, 3.05) is 10.8 Å². The van der Waals surface area contributed by atoms with Crippen LogP contribution in [0, 0.1) is 18.3 Å². The van der Waals surface area contributed by atoms with E-state index in [0.29, 0.717) is 17.7 Å². The molecular weight excluding hydrogens is 386 g/mol. The van der Waals surface area contributed by atoms with E-state index < -0.39 is 15.6 Å². The summed E-state index contributed by atoms with van der Waals surface area (Å²) in [5, 5.41) is 9.80. The molecule has 0 bridgehead atoms. The first-order valence-electron chi connectivity index (χ1n) is 8.21. The van der Waals surface area contributed by atoms with Gasteiger partial charge in [0.2, 0.25) is 0 Å². The molecule has 1 aromatic heterocycles. The lowest BCUT2D eigenvalue weighted by atomic mass is 10.0. The predicted octanol–water partition coefficient (Wildman–Crippen LogP) is 3.11. The van der Waals surface area contributed by atoms with Gasteiger partial charge in [0.15, 0.2) is 0 Å². The molecule has 136 valence electrons. The van der Waals surface area contributed by atoms with Gasteiger partial charge in [-0.05, 0) is 48.7 Å². The highest BCUT2D eigenvalue weighted by Gasteiger charge is 2.33. The summed E-state index contributed by atoms with van der Waals surface area (Å²) in [5.41, 5.74) is 2.29. The third-order valence-electron chi connectivity index (χ3n) is 4.82. The van der Waals surface area contributed by atoms with Crippen molar-refractivity contribution in [3.8, 4) is 6.07 Å². The number of nitriles is 1. The van der Waals surface area contributed by atoms with E-state index in [1.807, 2.05) is 6.92 Å². The van der Waals surface area contributed by atoms with E-state index in [4.69, 9.17) is 11.6 Å². The molecule has 0 saturated heterocycles. The molecule has 0 radical (unpaired) electrons. The van der Waals surface area contributed by atoms with Crippen LogP contribution in [0.15, 0.2) is 46.2 Å². The molecule has 1 N–H and O–H groups in total. The van der Waals surface area contributed by atoms with Crippen molar-refractivity contribution in [1.29, 1.82) is 5.26 Å². The molecule has 2 aromatic carbocycles. The maximum atomic E-state index is 13.5. The fraction of sp³-hybridized carbons (Fsp3) is 0.158. The van der Waals surface area contributed by atoms with Crippen LogP contribution in [0.2, 0.25) is 5.02 Å². The molecule has 1 aliphatic heterocycles. The normalized spacial score (nSPS) is 13.6. The number of hydrogen-bond acceptors (Lipinski definition) is 4. The summed E-state index contributed by atoms with van der Waals surface area (Å²) in [6.45, 7) is 2.13. The molecule has 0 atom stereocenters. The van der Waals surface area contributed by atoms with Gasteiger partial charge in [-0.3, -0.25) is 9.10 Å². The van der Waals surface area contributed by atoms with Gasteiger partial charge in [-0.25, -0.2) is 8.42 Å². The molecule has 27 heavy (non-hydrogen) atoms. The van der Waals surface area contributed by atoms with Crippen molar-refractivity contribution in [3.05, 3.63) is 68.6 Å². The summed E-state index contributed by atoms with van der Waals surface area (Å²) >= 11 is 6.22. The number of aromatic amines is 1. The molecule has 0 amide bonds. The van der Waals surface area contributed by atoms with E-state index in [-0.39, 0.29) is 27.2 Å². The van der Waals surface area contributed by atoms with Crippen molar-refractivity contribution >= 4 is 38.1 Å². The molecule has 0 spiro atoms. The summed E-state index contributed by atoms with van der Waals surface area (Å²) in [6, 6.07) is 9.92. The van der Waals surface area contributed by atoms with Gasteiger partial charge in [-0.1, -0.05) is 17.7 Å². The first-order chi connectivity index (χ1) is 12.8. The van der Waals surface area contributed by atoms with Crippen LogP contribution in [0.25, 0.3) is 10.8 Å². The number of aromatic nitrogens is 1. The number of anilines is 1. The Morgan fingerprint density at radius 3 is 2.81 bits per heavy atom. The molecule has 0 saturated carbocycles. The molecule has 1 aliphatic rings. The fourth-order valence-corrected chi connectivity index (χ4v) is 5.61. The van der Waals surface area contributed by atoms with Crippen molar-refractivity contribution in [3.63, 3.8) is 0 Å². The Kier molecular flexibility index (Phi) is 3.98. The topological polar surface area (TPSA) is 94.0 Å². The Morgan fingerprint density at radius 2 is 2.07 bits per heavy atom. The number of nitrogens with one attached hydrogen (secondary N) is 1. The molecule has 0 aliphatic carbocycles. The summed E-state index contributed by atoms with van der Waals surface area (Å²) in [7, 11) is -3.97. The van der Waals surface area contributed by atoms with Crippen LogP contribution in [-0.2, 0) is 16.4 Å². The van der Waals surface area contributed by atoms with Crippen molar-refractivity contribution in [2.45, 2.75) is 18.2 Å². The Bertz CT molecular complexity index is 1310. The Hall–Kier alpha value is -2.82. The Labute approximate surface area is 160 Å². The molecular formula is C19H14ClN3O3S. The number of nitrogens with zero attached hydrogens (tertiary/aromatic N) is 2. The highest BCUT2D eigenvalue weighted by molar-refractivity contribution is 7.93. The lowest BCUT2D eigenvalue weighted by molar-refractivity contribution is 0.593. The summed E-state index contributed by atoms with van der Waals surface area (Å²) in [5.74, 6) is 0. The van der Waals surface area contributed by atoms with E-state index in [1.165, 1.54) is 28.7 Å². The number of hydrogen-bond donors (Lipinski definition) is 1. The van der Waals surface area contributed by atoms with Crippen molar-refractivity contribution in [2.24, 2.45) is 0 Å². The molecule has 4 rings (SSSR count). The lowest BCUT2D eigenvalue weighted by Crippen LogP contribution is -2.29. The average molecular weight is 400 g/mol. The number of benzene rings is 2. The van der Waals surface area contributed by atoms with Gasteiger partial charge in [-0.2, -0.15) is 5.26 Å². The Morgan fingerprint density at radius 1 is 1.30 bits per heavy atom. The number of pyridine rings is 1. The smallest absolute Gasteiger partial charge is 0.265 e. The first-order valence-corrected chi connectivity index (χ1v) is 10.0. The van der Waals surface area contributed by atoms with Gasteiger partial charge in [0.1, 0.15) is 0 Å². The van der Waals surface area contributed by atoms with Crippen LogP contribution in [0.3, 0.4) is 0 Å². The summed E-state index contributed by atoms with van der Waals surface area (Å²) in [4.78, 5) is 14.6. The van der Waals surface area contributed by atoms with Gasteiger partial charge < -0.3 is 4.98 Å². The molecule has 8 heteroatoms. The molecule has 0 unspecified atom stereocenters. The lowest BCUT2D eigenvalue weighted by Gasteiger charge is -2.21. The van der Waals surface area contributed by atoms with Gasteiger partial charge in [0.05, 0.1) is 27.2 Å². The van der Waals surface area contributed by atoms with Gasteiger partial charge in [0.25, 0.3) is 15.6 Å². The number of H-pyrrole nitrogens is 1. The van der Waals surface area contributed by atoms with Crippen LogP contribution in [0.5, 0.6) is 0 Å².